The number of carbonyl (C=O) groups excluding carboxylic acids is 1. The first kappa shape index (κ1) is 14.1. The number of hydrogen-bond acceptors (Lipinski definition) is 4. The summed E-state index contributed by atoms with van der Waals surface area (Å²) in [6, 6.07) is 16.4. The van der Waals surface area contributed by atoms with Crippen LogP contribution in [0.3, 0.4) is 0 Å². The van der Waals surface area contributed by atoms with E-state index in [4.69, 9.17) is 9.47 Å². The van der Waals surface area contributed by atoms with Gasteiger partial charge in [-0.2, -0.15) is 0 Å². The number of rotatable bonds is 5. The highest BCUT2D eigenvalue weighted by Gasteiger charge is 2.19. The highest BCUT2D eigenvalue weighted by molar-refractivity contribution is 5.77. The van der Waals surface area contributed by atoms with Gasteiger partial charge in [0.15, 0.2) is 0 Å². The van der Waals surface area contributed by atoms with Crippen LogP contribution in [0.5, 0.6) is 11.5 Å². The normalized spacial score (nSPS) is 11.7. The van der Waals surface area contributed by atoms with Gasteiger partial charge in [-0.15, -0.1) is 0 Å². The molecule has 0 aliphatic rings. The SMILES string of the molecule is CNC(C(=O)OC)c1cccc(Oc2ccccc2)c1. The molecule has 0 aliphatic heterocycles. The van der Waals surface area contributed by atoms with Crippen LogP contribution < -0.4 is 10.1 Å². The van der Waals surface area contributed by atoms with Crippen LogP contribution in [0.15, 0.2) is 54.6 Å². The zero-order chi connectivity index (χ0) is 14.4. The topological polar surface area (TPSA) is 47.6 Å². The fourth-order valence-corrected chi connectivity index (χ4v) is 1.92. The molecule has 0 aromatic heterocycles. The van der Waals surface area contributed by atoms with Crippen LogP contribution in [-0.2, 0) is 9.53 Å². The molecule has 0 bridgehead atoms. The van der Waals surface area contributed by atoms with Crippen LogP contribution in [0.4, 0.5) is 0 Å². The van der Waals surface area contributed by atoms with Crippen molar-refractivity contribution < 1.29 is 14.3 Å². The lowest BCUT2D eigenvalue weighted by atomic mass is 10.1. The Hall–Kier alpha value is -2.33. The number of methoxy groups -OCH3 is 1. The van der Waals surface area contributed by atoms with E-state index in [1.165, 1.54) is 7.11 Å². The quantitative estimate of drug-likeness (QED) is 0.849. The molecule has 1 unspecified atom stereocenters. The van der Waals surface area contributed by atoms with Crippen LogP contribution >= 0.6 is 0 Å². The maximum atomic E-state index is 11.7. The molecule has 104 valence electrons. The molecular formula is C16H17NO3. The zero-order valence-electron chi connectivity index (χ0n) is 11.5. The van der Waals surface area contributed by atoms with Crippen molar-refractivity contribution in [2.45, 2.75) is 6.04 Å². The van der Waals surface area contributed by atoms with Crippen molar-refractivity contribution in [3.63, 3.8) is 0 Å². The summed E-state index contributed by atoms with van der Waals surface area (Å²) in [5.41, 5.74) is 0.799. The molecule has 1 N–H and O–H groups in total. The fraction of sp³-hybridized carbons (Fsp3) is 0.188. The number of nitrogens with one attached hydrogen (secondary N) is 1. The van der Waals surface area contributed by atoms with Crippen LogP contribution in [0.2, 0.25) is 0 Å². The molecule has 0 aliphatic carbocycles. The Bertz CT molecular complexity index is 569. The van der Waals surface area contributed by atoms with Crippen molar-refractivity contribution in [3.05, 3.63) is 60.2 Å². The monoisotopic (exact) mass is 271 g/mol. The number of carbonyl (C=O) groups is 1. The van der Waals surface area contributed by atoms with E-state index in [0.717, 1.165) is 11.3 Å². The highest BCUT2D eigenvalue weighted by Crippen LogP contribution is 2.24. The summed E-state index contributed by atoms with van der Waals surface area (Å²) < 4.78 is 10.5. The van der Waals surface area contributed by atoms with Crippen LogP contribution in [0, 0.1) is 0 Å². The Morgan fingerprint density at radius 2 is 1.75 bits per heavy atom. The van der Waals surface area contributed by atoms with Gasteiger partial charge in [0.25, 0.3) is 0 Å². The van der Waals surface area contributed by atoms with Crippen LogP contribution in [-0.4, -0.2) is 20.1 Å². The Morgan fingerprint density at radius 1 is 1.05 bits per heavy atom. The van der Waals surface area contributed by atoms with Crippen molar-refractivity contribution in [2.75, 3.05) is 14.2 Å². The average molecular weight is 271 g/mol. The van der Waals surface area contributed by atoms with Crippen molar-refractivity contribution >= 4 is 5.97 Å². The minimum absolute atomic E-state index is 0.329. The molecule has 0 spiro atoms. The second-order valence-corrected chi connectivity index (χ2v) is 4.23. The standard InChI is InChI=1S/C16H17NO3/c1-17-15(16(18)19-2)12-7-6-10-14(11-12)20-13-8-4-3-5-9-13/h3-11,15,17H,1-2H3. The van der Waals surface area contributed by atoms with Gasteiger partial charge in [0.1, 0.15) is 17.5 Å². The molecule has 1 atom stereocenters. The summed E-state index contributed by atoms with van der Waals surface area (Å²) in [6.07, 6.45) is 0. The molecule has 4 nitrogen and oxygen atoms in total. The lowest BCUT2D eigenvalue weighted by molar-refractivity contribution is -0.143. The summed E-state index contributed by atoms with van der Waals surface area (Å²) in [7, 11) is 3.09. The first-order valence-corrected chi connectivity index (χ1v) is 6.32. The summed E-state index contributed by atoms with van der Waals surface area (Å²) in [5.74, 6) is 1.10. The van der Waals surface area contributed by atoms with E-state index < -0.39 is 6.04 Å². The minimum atomic E-state index is -0.501. The van der Waals surface area contributed by atoms with Gasteiger partial charge in [-0.3, -0.25) is 0 Å². The van der Waals surface area contributed by atoms with Gasteiger partial charge in [0, 0.05) is 0 Å². The third-order valence-electron chi connectivity index (χ3n) is 2.90. The van der Waals surface area contributed by atoms with Gasteiger partial charge < -0.3 is 14.8 Å². The van der Waals surface area contributed by atoms with E-state index in [1.54, 1.807) is 7.05 Å². The maximum absolute atomic E-state index is 11.7. The van der Waals surface area contributed by atoms with E-state index in [9.17, 15) is 4.79 Å². The van der Waals surface area contributed by atoms with Gasteiger partial charge in [0.05, 0.1) is 7.11 Å². The summed E-state index contributed by atoms with van der Waals surface area (Å²) in [4.78, 5) is 11.7. The Morgan fingerprint density at radius 3 is 2.40 bits per heavy atom. The average Bonchev–Trinajstić information content (AvgIpc) is 2.49. The molecule has 0 radical (unpaired) electrons. The highest BCUT2D eigenvalue weighted by atomic mass is 16.5. The Balaban J connectivity index is 2.21. The van der Waals surface area contributed by atoms with Gasteiger partial charge in [0.2, 0.25) is 0 Å². The van der Waals surface area contributed by atoms with Gasteiger partial charge in [-0.05, 0) is 36.9 Å². The van der Waals surface area contributed by atoms with Crippen LogP contribution in [0.25, 0.3) is 0 Å². The number of para-hydroxylation sites is 1. The maximum Gasteiger partial charge on any atom is 0.327 e. The molecule has 2 aromatic rings. The second kappa shape index (κ2) is 6.73. The second-order valence-electron chi connectivity index (χ2n) is 4.23. The molecule has 0 amide bonds. The summed E-state index contributed by atoms with van der Waals surface area (Å²) in [6.45, 7) is 0. The smallest absolute Gasteiger partial charge is 0.327 e. The van der Waals surface area contributed by atoms with Crippen LogP contribution in [0.1, 0.15) is 11.6 Å². The van der Waals surface area contributed by atoms with Crippen molar-refractivity contribution in [2.24, 2.45) is 0 Å². The first-order chi connectivity index (χ1) is 9.74. The third kappa shape index (κ3) is 3.36. The minimum Gasteiger partial charge on any atom is -0.468 e. The Labute approximate surface area is 118 Å². The molecule has 2 rings (SSSR count). The summed E-state index contributed by atoms with van der Waals surface area (Å²) >= 11 is 0. The molecule has 0 heterocycles. The molecule has 20 heavy (non-hydrogen) atoms. The van der Waals surface area contributed by atoms with E-state index in [2.05, 4.69) is 5.32 Å². The largest absolute Gasteiger partial charge is 0.468 e. The molecule has 0 fully saturated rings. The summed E-state index contributed by atoms with van der Waals surface area (Å²) in [5, 5.41) is 2.93. The Kier molecular flexibility index (Phi) is 4.74. The lowest BCUT2D eigenvalue weighted by Gasteiger charge is -2.15. The fourth-order valence-electron chi connectivity index (χ4n) is 1.92. The number of esters is 1. The number of hydrogen-bond donors (Lipinski definition) is 1. The third-order valence-corrected chi connectivity index (χ3v) is 2.90. The van der Waals surface area contributed by atoms with E-state index >= 15 is 0 Å². The molecule has 4 heteroatoms. The number of likely N-dealkylation sites (N-methyl/N-ethyl adjacent to an activating group) is 1. The molecule has 0 saturated carbocycles. The van der Waals surface area contributed by atoms with E-state index in [-0.39, 0.29) is 5.97 Å². The van der Waals surface area contributed by atoms with Gasteiger partial charge in [-0.1, -0.05) is 30.3 Å². The predicted octanol–water partition coefficient (Wildman–Crippen LogP) is 2.91. The lowest BCUT2D eigenvalue weighted by Crippen LogP contribution is -2.26. The van der Waals surface area contributed by atoms with E-state index in [1.807, 2.05) is 54.6 Å². The van der Waals surface area contributed by atoms with Crippen molar-refractivity contribution in [1.82, 2.24) is 5.32 Å². The van der Waals surface area contributed by atoms with Gasteiger partial charge in [-0.25, -0.2) is 4.79 Å². The van der Waals surface area contributed by atoms with Gasteiger partial charge >= 0.3 is 5.97 Å². The molecule has 0 saturated heterocycles. The number of ether oxygens (including phenoxy) is 2. The van der Waals surface area contributed by atoms with Crippen molar-refractivity contribution in [3.8, 4) is 11.5 Å². The zero-order valence-corrected chi connectivity index (χ0v) is 11.5. The number of benzene rings is 2. The van der Waals surface area contributed by atoms with E-state index in [0.29, 0.717) is 5.75 Å². The molecular weight excluding hydrogens is 254 g/mol. The predicted molar refractivity (Wildman–Crippen MR) is 76.8 cm³/mol. The van der Waals surface area contributed by atoms with Crippen molar-refractivity contribution in [1.29, 1.82) is 0 Å². The molecule has 2 aromatic carbocycles. The first-order valence-electron chi connectivity index (χ1n) is 6.32.